The van der Waals surface area contributed by atoms with Gasteiger partial charge in [-0.05, 0) is 48.2 Å². The van der Waals surface area contributed by atoms with E-state index in [0.717, 1.165) is 27.3 Å². The Morgan fingerprint density at radius 1 is 1.00 bits per heavy atom. The third kappa shape index (κ3) is 4.37. The van der Waals surface area contributed by atoms with Gasteiger partial charge in [-0.1, -0.05) is 73.1 Å². The van der Waals surface area contributed by atoms with Crippen LogP contribution in [-0.2, 0) is 4.79 Å². The highest BCUT2D eigenvalue weighted by atomic mass is 35.5. The fraction of sp³-hybridized carbons (Fsp3) is 0.385. The number of halogens is 2. The molecule has 0 spiro atoms. The van der Waals surface area contributed by atoms with Gasteiger partial charge in [0.2, 0.25) is 5.91 Å². The van der Waals surface area contributed by atoms with Crippen molar-refractivity contribution in [3.63, 3.8) is 0 Å². The van der Waals surface area contributed by atoms with Gasteiger partial charge in [-0.2, -0.15) is 0 Å². The smallest absolute Gasteiger partial charge is 0.234 e. The molecule has 1 saturated heterocycles. The van der Waals surface area contributed by atoms with Gasteiger partial charge in [-0.25, -0.2) is 0 Å². The van der Waals surface area contributed by atoms with Crippen LogP contribution in [0.3, 0.4) is 0 Å². The average Bonchev–Trinajstić information content (AvgIpc) is 3.36. The molecule has 1 fully saturated rings. The van der Waals surface area contributed by atoms with Crippen LogP contribution in [0.15, 0.2) is 64.1 Å². The molecule has 1 amide bonds. The van der Waals surface area contributed by atoms with Gasteiger partial charge in [0.25, 0.3) is 0 Å². The zero-order valence-corrected chi connectivity index (χ0v) is 21.8. The molecule has 0 bridgehead atoms. The van der Waals surface area contributed by atoms with E-state index in [0.29, 0.717) is 19.0 Å². The van der Waals surface area contributed by atoms with Crippen molar-refractivity contribution in [2.45, 2.75) is 38.9 Å². The molecule has 2 aromatic carbocycles. The first-order chi connectivity index (χ1) is 16.3. The van der Waals surface area contributed by atoms with Crippen LogP contribution in [0.1, 0.15) is 44.0 Å². The molecule has 0 radical (unpaired) electrons. The molecule has 0 saturated carbocycles. The first-order valence-electron chi connectivity index (χ1n) is 11.6. The van der Waals surface area contributed by atoms with E-state index in [1.165, 1.54) is 16.2 Å². The topological polar surface area (TPSA) is 47.9 Å². The summed E-state index contributed by atoms with van der Waals surface area (Å²) in [4.78, 5) is 23.3. The Morgan fingerprint density at radius 3 is 2.21 bits per heavy atom. The molecule has 3 aliphatic heterocycles. The summed E-state index contributed by atoms with van der Waals surface area (Å²) in [6.07, 6.45) is 0. The van der Waals surface area contributed by atoms with Gasteiger partial charge in [0.05, 0.1) is 12.6 Å². The average molecular weight is 516 g/mol. The third-order valence-corrected chi connectivity index (χ3v) is 8.47. The normalized spacial score (nSPS) is 23.9. The zero-order valence-electron chi connectivity index (χ0n) is 19.5. The van der Waals surface area contributed by atoms with Crippen LogP contribution in [-0.4, -0.2) is 46.6 Å². The molecule has 178 valence electrons. The molecule has 0 aromatic heterocycles. The fourth-order valence-electron chi connectivity index (χ4n) is 5.03. The van der Waals surface area contributed by atoms with Crippen LogP contribution in [0.4, 0.5) is 0 Å². The number of allylic oxidation sites excluding steroid dienone is 1. The number of nitrogens with zero attached hydrogens (tertiary/aromatic N) is 3. The van der Waals surface area contributed by atoms with Gasteiger partial charge in [0.1, 0.15) is 6.04 Å². The van der Waals surface area contributed by atoms with Gasteiger partial charge < -0.3 is 10.2 Å². The van der Waals surface area contributed by atoms with E-state index >= 15 is 0 Å². The number of nitrogens with one attached hydrogen (secondary N) is 1. The van der Waals surface area contributed by atoms with E-state index in [2.05, 4.69) is 60.2 Å². The largest absolute Gasteiger partial charge is 0.354 e. The summed E-state index contributed by atoms with van der Waals surface area (Å²) >= 11 is 14.2. The molecule has 3 aliphatic rings. The van der Waals surface area contributed by atoms with Crippen molar-refractivity contribution in [1.29, 1.82) is 0 Å². The molecule has 2 aromatic rings. The summed E-state index contributed by atoms with van der Waals surface area (Å²) in [6.45, 7) is 8.65. The summed E-state index contributed by atoms with van der Waals surface area (Å²) in [7, 11) is 0. The minimum Gasteiger partial charge on any atom is -0.354 e. The van der Waals surface area contributed by atoms with Crippen molar-refractivity contribution >= 4 is 46.0 Å². The Balaban J connectivity index is 1.57. The highest BCUT2D eigenvalue weighted by molar-refractivity contribution is 8.17. The summed E-state index contributed by atoms with van der Waals surface area (Å²) in [6, 6.07) is 16.2. The number of rotatable bonds is 5. The second kappa shape index (κ2) is 9.57. The molecule has 3 atom stereocenters. The molecule has 5 nitrogen and oxygen atoms in total. The SMILES string of the molecule is CC(C)C1=C(C(C)N2CCNC(=O)C2)SC2=N[C@@H](c3ccc(Cl)cc3)[C@@H](c3ccc(Cl)cc3)N21. The molecule has 1 N–H and O–H groups in total. The van der Waals surface area contributed by atoms with Crippen LogP contribution in [0.5, 0.6) is 0 Å². The molecule has 8 heteroatoms. The quantitative estimate of drug-likeness (QED) is 0.540. The summed E-state index contributed by atoms with van der Waals surface area (Å²) in [5, 5.41) is 5.40. The first kappa shape index (κ1) is 23.7. The standard InChI is InChI=1S/C26H28Cl2N4OS/c1-15(2)23-25(16(3)31-13-12-29-21(33)14-31)34-26-30-22(17-4-8-19(27)9-5-17)24(32(23)26)18-6-10-20(28)11-7-18/h4-11,15-16,22,24H,12-14H2,1-3H3,(H,29,33)/t16?,22-,24+/m0/s1. The maximum absolute atomic E-state index is 12.1. The summed E-state index contributed by atoms with van der Waals surface area (Å²) < 4.78 is 0. The first-order valence-corrected chi connectivity index (χ1v) is 13.2. The zero-order chi connectivity index (χ0) is 24.0. The number of aliphatic imine (C=N–C) groups is 1. The summed E-state index contributed by atoms with van der Waals surface area (Å²) in [5.41, 5.74) is 3.60. The second-order valence-corrected chi connectivity index (χ2v) is 11.2. The van der Waals surface area contributed by atoms with Gasteiger partial charge in [-0.15, -0.1) is 0 Å². The molecule has 3 heterocycles. The molecule has 5 rings (SSSR count). The van der Waals surface area contributed by atoms with Crippen molar-refractivity contribution in [3.8, 4) is 0 Å². The van der Waals surface area contributed by atoms with E-state index < -0.39 is 0 Å². The monoisotopic (exact) mass is 514 g/mol. The van der Waals surface area contributed by atoms with E-state index in [1.54, 1.807) is 11.8 Å². The minimum atomic E-state index is -0.0488. The molecule has 1 unspecified atom stereocenters. The van der Waals surface area contributed by atoms with Crippen molar-refractivity contribution < 1.29 is 4.79 Å². The van der Waals surface area contributed by atoms with E-state index in [-0.39, 0.29) is 24.0 Å². The number of amidine groups is 1. The predicted octanol–water partition coefficient (Wildman–Crippen LogP) is 5.88. The van der Waals surface area contributed by atoms with Crippen LogP contribution < -0.4 is 5.32 Å². The second-order valence-electron chi connectivity index (χ2n) is 9.28. The van der Waals surface area contributed by atoms with Crippen molar-refractivity contribution in [2.75, 3.05) is 19.6 Å². The van der Waals surface area contributed by atoms with Gasteiger partial charge >= 0.3 is 0 Å². The maximum Gasteiger partial charge on any atom is 0.234 e. The lowest BCUT2D eigenvalue weighted by Crippen LogP contribution is -2.51. The number of carbonyl (C=O) groups is 1. The van der Waals surface area contributed by atoms with Gasteiger partial charge in [0, 0.05) is 39.8 Å². The minimum absolute atomic E-state index is 0.0210. The van der Waals surface area contributed by atoms with Crippen molar-refractivity contribution in [3.05, 3.63) is 80.3 Å². The molecule has 0 aliphatic carbocycles. The van der Waals surface area contributed by atoms with E-state index in [1.807, 2.05) is 24.3 Å². The lowest BCUT2D eigenvalue weighted by Gasteiger charge is -2.35. The Kier molecular flexibility index (Phi) is 6.68. The highest BCUT2D eigenvalue weighted by Gasteiger charge is 2.47. The van der Waals surface area contributed by atoms with E-state index in [9.17, 15) is 4.79 Å². The Morgan fingerprint density at radius 2 is 1.62 bits per heavy atom. The number of piperazine rings is 1. The van der Waals surface area contributed by atoms with Crippen LogP contribution in [0.25, 0.3) is 0 Å². The number of fused-ring (bicyclic) bond motifs is 1. The Hall–Kier alpha value is -1.99. The van der Waals surface area contributed by atoms with Crippen LogP contribution >= 0.6 is 35.0 Å². The number of hydrogen-bond acceptors (Lipinski definition) is 5. The fourth-order valence-corrected chi connectivity index (χ4v) is 6.72. The molecular formula is C26H28Cl2N4OS. The van der Waals surface area contributed by atoms with Crippen molar-refractivity contribution in [1.82, 2.24) is 15.1 Å². The Bertz CT molecular complexity index is 1150. The van der Waals surface area contributed by atoms with Crippen molar-refractivity contribution in [2.24, 2.45) is 10.9 Å². The lowest BCUT2D eigenvalue weighted by atomic mass is 9.92. The van der Waals surface area contributed by atoms with Gasteiger partial charge in [-0.3, -0.25) is 14.7 Å². The number of hydrogen-bond donors (Lipinski definition) is 1. The Labute approximate surface area is 215 Å². The lowest BCUT2D eigenvalue weighted by molar-refractivity contribution is -0.124. The van der Waals surface area contributed by atoms with E-state index in [4.69, 9.17) is 28.2 Å². The summed E-state index contributed by atoms with van der Waals surface area (Å²) in [5.74, 6) is 0.391. The highest BCUT2D eigenvalue weighted by Crippen LogP contribution is 2.54. The van der Waals surface area contributed by atoms with Crippen LogP contribution in [0.2, 0.25) is 10.0 Å². The number of benzene rings is 2. The predicted molar refractivity (Wildman–Crippen MR) is 141 cm³/mol. The van der Waals surface area contributed by atoms with Gasteiger partial charge in [0.15, 0.2) is 5.17 Å². The maximum atomic E-state index is 12.1. The molecular weight excluding hydrogens is 487 g/mol. The van der Waals surface area contributed by atoms with Crippen LogP contribution in [0, 0.1) is 5.92 Å². The number of thioether (sulfide) groups is 1. The molecule has 34 heavy (non-hydrogen) atoms. The number of amides is 1. The third-order valence-electron chi connectivity index (χ3n) is 6.71. The number of carbonyl (C=O) groups excluding carboxylic acids is 1.